The Bertz CT molecular complexity index is 668. The lowest BCUT2D eigenvalue weighted by Crippen LogP contribution is -2.52. The molecule has 154 valence electrons. The molecule has 2 saturated heterocycles. The Hall–Kier alpha value is -1.99. The van der Waals surface area contributed by atoms with Gasteiger partial charge in [-0.25, -0.2) is 0 Å². The summed E-state index contributed by atoms with van der Waals surface area (Å²) in [6.07, 6.45) is 3.81. The maximum atomic E-state index is 5.71. The van der Waals surface area contributed by atoms with Gasteiger partial charge in [-0.3, -0.25) is 9.89 Å². The van der Waals surface area contributed by atoms with E-state index in [0.717, 1.165) is 76.3 Å². The number of ether oxygens (including phenoxy) is 3. The molecule has 0 spiro atoms. The van der Waals surface area contributed by atoms with Gasteiger partial charge in [-0.15, -0.1) is 0 Å². The smallest absolute Gasteiger partial charge is 0.231 e. The number of fused-ring (bicyclic) bond motifs is 1. The molecular formula is C21H32N4O3. The molecule has 0 aliphatic carbocycles. The molecule has 3 aliphatic rings. The molecule has 4 rings (SSSR count). The lowest BCUT2D eigenvalue weighted by molar-refractivity contribution is 0.106. The van der Waals surface area contributed by atoms with Crippen molar-refractivity contribution in [1.82, 2.24) is 15.1 Å². The van der Waals surface area contributed by atoms with Crippen molar-refractivity contribution in [3.63, 3.8) is 0 Å². The Morgan fingerprint density at radius 3 is 2.82 bits per heavy atom. The van der Waals surface area contributed by atoms with Crippen molar-refractivity contribution >= 4 is 5.96 Å². The van der Waals surface area contributed by atoms with Crippen LogP contribution in [0.5, 0.6) is 11.5 Å². The molecule has 1 unspecified atom stereocenters. The quantitative estimate of drug-likeness (QED) is 0.595. The molecule has 2 fully saturated rings. The van der Waals surface area contributed by atoms with Gasteiger partial charge in [0.2, 0.25) is 6.79 Å². The van der Waals surface area contributed by atoms with Gasteiger partial charge in [-0.1, -0.05) is 6.07 Å². The highest BCUT2D eigenvalue weighted by molar-refractivity contribution is 5.80. The van der Waals surface area contributed by atoms with E-state index < -0.39 is 0 Å². The number of benzene rings is 1. The highest BCUT2D eigenvalue weighted by atomic mass is 16.7. The second kappa shape index (κ2) is 9.47. The van der Waals surface area contributed by atoms with Crippen molar-refractivity contribution in [2.45, 2.75) is 38.8 Å². The highest BCUT2D eigenvalue weighted by Gasteiger charge is 2.21. The molecule has 1 aromatic rings. The third-order valence-corrected chi connectivity index (χ3v) is 5.59. The van der Waals surface area contributed by atoms with Crippen molar-refractivity contribution in [2.24, 2.45) is 4.99 Å². The third kappa shape index (κ3) is 4.89. The molecule has 0 bridgehead atoms. The van der Waals surface area contributed by atoms with Crippen LogP contribution in [0.3, 0.4) is 0 Å². The first-order chi connectivity index (χ1) is 13.8. The maximum absolute atomic E-state index is 5.71. The molecule has 0 amide bonds. The zero-order chi connectivity index (χ0) is 19.2. The number of guanidine groups is 1. The molecule has 1 atom stereocenters. The van der Waals surface area contributed by atoms with Crippen LogP contribution in [0.25, 0.3) is 0 Å². The number of nitrogens with one attached hydrogen (secondary N) is 1. The van der Waals surface area contributed by atoms with Gasteiger partial charge in [0, 0.05) is 52.4 Å². The van der Waals surface area contributed by atoms with Crippen LogP contribution in [-0.2, 0) is 11.3 Å². The summed E-state index contributed by atoms with van der Waals surface area (Å²) in [5, 5.41) is 3.46. The summed E-state index contributed by atoms with van der Waals surface area (Å²) >= 11 is 0. The Balaban J connectivity index is 1.26. The molecular weight excluding hydrogens is 356 g/mol. The predicted octanol–water partition coefficient (Wildman–Crippen LogP) is 2.07. The topological polar surface area (TPSA) is 58.6 Å². The fraction of sp³-hybridized carbons (Fsp3) is 0.667. The highest BCUT2D eigenvalue weighted by Crippen LogP contribution is 2.32. The number of hydrogen-bond donors (Lipinski definition) is 1. The van der Waals surface area contributed by atoms with E-state index >= 15 is 0 Å². The lowest BCUT2D eigenvalue weighted by atomic mass is 10.1. The fourth-order valence-electron chi connectivity index (χ4n) is 4.03. The average molecular weight is 389 g/mol. The van der Waals surface area contributed by atoms with Gasteiger partial charge in [0.1, 0.15) is 0 Å². The molecule has 0 radical (unpaired) electrons. The monoisotopic (exact) mass is 388 g/mol. The molecule has 0 aromatic heterocycles. The molecule has 1 aromatic carbocycles. The average Bonchev–Trinajstić information content (AvgIpc) is 3.39. The largest absolute Gasteiger partial charge is 0.454 e. The number of rotatable bonds is 6. The van der Waals surface area contributed by atoms with E-state index in [0.29, 0.717) is 12.9 Å². The van der Waals surface area contributed by atoms with Gasteiger partial charge in [-0.2, -0.15) is 0 Å². The van der Waals surface area contributed by atoms with Gasteiger partial charge in [0.25, 0.3) is 0 Å². The van der Waals surface area contributed by atoms with E-state index in [1.165, 1.54) is 18.4 Å². The van der Waals surface area contributed by atoms with E-state index in [1.807, 2.05) is 6.07 Å². The van der Waals surface area contributed by atoms with E-state index in [2.05, 4.69) is 34.2 Å². The van der Waals surface area contributed by atoms with Gasteiger partial charge >= 0.3 is 0 Å². The van der Waals surface area contributed by atoms with Crippen LogP contribution in [0.1, 0.15) is 31.7 Å². The SMILES string of the molecule is CCNC(=NCCC1CCCO1)N1CCN(Cc2ccc3c(c2)OCO3)CC1. The van der Waals surface area contributed by atoms with Crippen LogP contribution >= 0.6 is 0 Å². The number of nitrogens with zero attached hydrogens (tertiary/aromatic N) is 3. The lowest BCUT2D eigenvalue weighted by Gasteiger charge is -2.36. The molecule has 7 nitrogen and oxygen atoms in total. The Morgan fingerprint density at radius 1 is 1.18 bits per heavy atom. The van der Waals surface area contributed by atoms with Crippen molar-refractivity contribution < 1.29 is 14.2 Å². The number of piperazine rings is 1. The summed E-state index contributed by atoms with van der Waals surface area (Å²) in [6, 6.07) is 6.25. The number of hydrogen-bond acceptors (Lipinski definition) is 5. The van der Waals surface area contributed by atoms with Gasteiger partial charge in [0.15, 0.2) is 17.5 Å². The van der Waals surface area contributed by atoms with Crippen molar-refractivity contribution in [1.29, 1.82) is 0 Å². The molecule has 7 heteroatoms. The summed E-state index contributed by atoms with van der Waals surface area (Å²) in [7, 11) is 0. The predicted molar refractivity (Wildman–Crippen MR) is 109 cm³/mol. The van der Waals surface area contributed by atoms with Gasteiger partial charge in [-0.05, 0) is 43.9 Å². The summed E-state index contributed by atoms with van der Waals surface area (Å²) in [5.74, 6) is 2.76. The Kier molecular flexibility index (Phi) is 6.54. The minimum absolute atomic E-state index is 0.330. The molecule has 1 N–H and O–H groups in total. The van der Waals surface area contributed by atoms with Gasteiger partial charge in [0.05, 0.1) is 6.10 Å². The maximum Gasteiger partial charge on any atom is 0.231 e. The van der Waals surface area contributed by atoms with Crippen LogP contribution in [0.15, 0.2) is 23.2 Å². The van der Waals surface area contributed by atoms with E-state index in [4.69, 9.17) is 19.2 Å². The zero-order valence-electron chi connectivity index (χ0n) is 16.9. The summed E-state index contributed by atoms with van der Waals surface area (Å²) < 4.78 is 16.6. The third-order valence-electron chi connectivity index (χ3n) is 5.59. The molecule has 3 heterocycles. The standard InChI is InChI=1S/C21H32N4O3/c1-2-22-21(23-8-7-18-4-3-13-26-18)25-11-9-24(10-12-25)15-17-5-6-19-20(14-17)28-16-27-19/h5-6,14,18H,2-4,7-13,15-16H2,1H3,(H,22,23). The summed E-state index contributed by atoms with van der Waals surface area (Å²) in [6.45, 7) is 10.1. The van der Waals surface area contributed by atoms with Crippen LogP contribution < -0.4 is 14.8 Å². The summed E-state index contributed by atoms with van der Waals surface area (Å²) in [4.78, 5) is 9.73. The zero-order valence-corrected chi connectivity index (χ0v) is 16.9. The van der Waals surface area contributed by atoms with Crippen LogP contribution in [-0.4, -0.2) is 74.5 Å². The second-order valence-electron chi connectivity index (χ2n) is 7.61. The fourth-order valence-corrected chi connectivity index (χ4v) is 4.03. The van der Waals surface area contributed by atoms with Crippen LogP contribution in [0.2, 0.25) is 0 Å². The van der Waals surface area contributed by atoms with Crippen molar-refractivity contribution in [3.8, 4) is 11.5 Å². The minimum Gasteiger partial charge on any atom is -0.454 e. The van der Waals surface area contributed by atoms with Crippen LogP contribution in [0, 0.1) is 0 Å². The van der Waals surface area contributed by atoms with E-state index in [9.17, 15) is 0 Å². The molecule has 28 heavy (non-hydrogen) atoms. The normalized spacial score (nSPS) is 22.7. The van der Waals surface area contributed by atoms with Gasteiger partial charge < -0.3 is 24.4 Å². The van der Waals surface area contributed by atoms with E-state index in [1.54, 1.807) is 0 Å². The Morgan fingerprint density at radius 2 is 2.04 bits per heavy atom. The van der Waals surface area contributed by atoms with E-state index in [-0.39, 0.29) is 0 Å². The number of aliphatic imine (C=N–C) groups is 1. The first-order valence-corrected chi connectivity index (χ1v) is 10.6. The van der Waals surface area contributed by atoms with Crippen molar-refractivity contribution in [3.05, 3.63) is 23.8 Å². The first-order valence-electron chi connectivity index (χ1n) is 10.6. The van der Waals surface area contributed by atoms with Crippen LogP contribution in [0.4, 0.5) is 0 Å². The second-order valence-corrected chi connectivity index (χ2v) is 7.61. The minimum atomic E-state index is 0.330. The first kappa shape index (κ1) is 19.3. The molecule has 3 aliphatic heterocycles. The van der Waals surface area contributed by atoms with Crippen molar-refractivity contribution in [2.75, 3.05) is 52.7 Å². The summed E-state index contributed by atoms with van der Waals surface area (Å²) in [5.41, 5.74) is 1.27. The Labute approximate surface area is 167 Å². The molecule has 0 saturated carbocycles.